The Labute approximate surface area is 186 Å². The highest BCUT2D eigenvalue weighted by Crippen LogP contribution is 2.28. The number of aromatic nitrogens is 3. The van der Waals surface area contributed by atoms with Crippen molar-refractivity contribution in [2.24, 2.45) is 7.05 Å². The second-order valence-electron chi connectivity index (χ2n) is 7.97. The van der Waals surface area contributed by atoms with Crippen molar-refractivity contribution in [2.75, 3.05) is 18.5 Å². The Kier molecular flexibility index (Phi) is 6.23. The lowest BCUT2D eigenvalue weighted by Crippen LogP contribution is -2.36. The molecule has 0 spiro atoms. The van der Waals surface area contributed by atoms with E-state index in [0.29, 0.717) is 22.8 Å². The molecule has 0 radical (unpaired) electrons. The van der Waals surface area contributed by atoms with E-state index >= 15 is 0 Å². The number of anilines is 1. The molecule has 1 aromatic carbocycles. The Morgan fingerprint density at radius 2 is 2.09 bits per heavy atom. The van der Waals surface area contributed by atoms with Gasteiger partial charge in [-0.25, -0.2) is 4.98 Å². The Hall–Kier alpha value is -3.65. The summed E-state index contributed by atoms with van der Waals surface area (Å²) in [4.78, 5) is 20.7. The standard InChI is InChI=1S/C24H28N6O2/c1-15-4-5-17(22-26-8-9-27-22)12-20(15)21-13-18(14-25)23(30(3)24(21)31)29-16(2)28-19-6-10-32-11-7-19/h4-5,8-9,12-14,19,25,28-29H,2,6-7,10-11H2,1,3H3,(H,26,27). The van der Waals surface area contributed by atoms with Gasteiger partial charge in [-0.3, -0.25) is 9.36 Å². The van der Waals surface area contributed by atoms with Crippen molar-refractivity contribution in [1.29, 1.82) is 5.41 Å². The van der Waals surface area contributed by atoms with Crippen molar-refractivity contribution in [3.05, 3.63) is 70.5 Å². The van der Waals surface area contributed by atoms with Crippen LogP contribution in [0.5, 0.6) is 0 Å². The molecule has 1 fully saturated rings. The Morgan fingerprint density at radius 1 is 1.31 bits per heavy atom. The summed E-state index contributed by atoms with van der Waals surface area (Å²) < 4.78 is 6.93. The van der Waals surface area contributed by atoms with Gasteiger partial charge in [0, 0.05) is 61.6 Å². The van der Waals surface area contributed by atoms with Gasteiger partial charge >= 0.3 is 0 Å². The third-order valence-electron chi connectivity index (χ3n) is 5.77. The lowest BCUT2D eigenvalue weighted by Gasteiger charge is -2.26. The third kappa shape index (κ3) is 4.36. The van der Waals surface area contributed by atoms with Crippen LogP contribution in [0.15, 0.2) is 53.9 Å². The number of imidazole rings is 1. The van der Waals surface area contributed by atoms with Crippen LogP contribution in [0.3, 0.4) is 0 Å². The first-order chi connectivity index (χ1) is 15.5. The fourth-order valence-electron chi connectivity index (χ4n) is 3.97. The number of H-pyrrole nitrogens is 1. The summed E-state index contributed by atoms with van der Waals surface area (Å²) in [6, 6.07) is 7.94. The van der Waals surface area contributed by atoms with Gasteiger partial charge in [-0.1, -0.05) is 18.7 Å². The molecule has 1 aliphatic rings. The molecule has 8 heteroatoms. The van der Waals surface area contributed by atoms with Crippen molar-refractivity contribution >= 4 is 12.0 Å². The average molecular weight is 433 g/mol. The molecule has 3 heterocycles. The summed E-state index contributed by atoms with van der Waals surface area (Å²) in [5.41, 5.74) is 3.65. The monoisotopic (exact) mass is 432 g/mol. The maximum atomic E-state index is 13.3. The van der Waals surface area contributed by atoms with Crippen molar-refractivity contribution in [2.45, 2.75) is 25.8 Å². The van der Waals surface area contributed by atoms with Gasteiger partial charge < -0.3 is 25.8 Å². The van der Waals surface area contributed by atoms with Crippen LogP contribution in [0, 0.1) is 12.3 Å². The van der Waals surface area contributed by atoms with E-state index in [1.807, 2.05) is 25.1 Å². The fraction of sp³-hybridized carbons (Fsp3) is 0.292. The van der Waals surface area contributed by atoms with Crippen LogP contribution in [-0.4, -0.2) is 40.0 Å². The molecule has 4 rings (SSSR count). The largest absolute Gasteiger partial charge is 0.381 e. The second-order valence-corrected chi connectivity index (χ2v) is 7.97. The minimum Gasteiger partial charge on any atom is -0.381 e. The van der Waals surface area contributed by atoms with Gasteiger partial charge in [-0.15, -0.1) is 0 Å². The molecule has 0 bridgehead atoms. The SMILES string of the molecule is C=C(Nc1c(C=N)cc(-c2cc(-c3ncc[nH]3)ccc2C)c(=O)n1C)NC1CCOCC1. The lowest BCUT2D eigenvalue weighted by atomic mass is 9.97. The third-order valence-corrected chi connectivity index (χ3v) is 5.77. The zero-order valence-corrected chi connectivity index (χ0v) is 18.4. The number of nitrogens with zero attached hydrogens (tertiary/aromatic N) is 2. The van der Waals surface area contributed by atoms with Crippen molar-refractivity contribution in [1.82, 2.24) is 19.9 Å². The molecule has 4 N–H and O–H groups in total. The van der Waals surface area contributed by atoms with E-state index in [2.05, 4.69) is 27.2 Å². The van der Waals surface area contributed by atoms with Crippen molar-refractivity contribution < 1.29 is 4.74 Å². The van der Waals surface area contributed by atoms with E-state index in [1.54, 1.807) is 25.5 Å². The molecule has 166 valence electrons. The molecule has 3 aromatic rings. The molecule has 32 heavy (non-hydrogen) atoms. The minimum absolute atomic E-state index is 0.156. The number of hydrogen-bond donors (Lipinski definition) is 4. The smallest absolute Gasteiger partial charge is 0.259 e. The number of benzene rings is 1. The highest BCUT2D eigenvalue weighted by Gasteiger charge is 2.18. The predicted molar refractivity (Wildman–Crippen MR) is 127 cm³/mol. The summed E-state index contributed by atoms with van der Waals surface area (Å²) in [7, 11) is 1.70. The molecule has 2 aromatic heterocycles. The number of ether oxygens (including phenoxy) is 1. The fourth-order valence-corrected chi connectivity index (χ4v) is 3.97. The lowest BCUT2D eigenvalue weighted by molar-refractivity contribution is 0.0805. The summed E-state index contributed by atoms with van der Waals surface area (Å²) in [6.07, 6.45) is 6.52. The second kappa shape index (κ2) is 9.23. The Balaban J connectivity index is 1.68. The first kappa shape index (κ1) is 21.6. The van der Waals surface area contributed by atoms with E-state index in [4.69, 9.17) is 10.1 Å². The van der Waals surface area contributed by atoms with E-state index in [9.17, 15) is 4.79 Å². The number of rotatable bonds is 7. The maximum absolute atomic E-state index is 13.3. The Bertz CT molecular complexity index is 1190. The van der Waals surface area contributed by atoms with Crippen molar-refractivity contribution in [3.63, 3.8) is 0 Å². The zero-order chi connectivity index (χ0) is 22.7. The average Bonchev–Trinajstić information content (AvgIpc) is 3.33. The predicted octanol–water partition coefficient (Wildman–Crippen LogP) is 3.40. The van der Waals surface area contributed by atoms with E-state index < -0.39 is 0 Å². The number of hydrogen-bond acceptors (Lipinski definition) is 6. The van der Waals surface area contributed by atoms with Crippen LogP contribution < -0.4 is 16.2 Å². The minimum atomic E-state index is -0.156. The first-order valence-electron chi connectivity index (χ1n) is 10.6. The normalized spacial score (nSPS) is 14.2. The molecule has 8 nitrogen and oxygen atoms in total. The molecule has 0 saturated carbocycles. The van der Waals surface area contributed by atoms with Crippen LogP contribution >= 0.6 is 0 Å². The molecule has 1 aliphatic heterocycles. The molecular formula is C24H28N6O2. The summed E-state index contributed by atoms with van der Waals surface area (Å²) in [5.74, 6) is 1.86. The van der Waals surface area contributed by atoms with Gasteiger partial charge in [-0.05, 0) is 43.0 Å². The maximum Gasteiger partial charge on any atom is 0.259 e. The van der Waals surface area contributed by atoms with Gasteiger partial charge in [-0.2, -0.15) is 0 Å². The highest BCUT2D eigenvalue weighted by molar-refractivity contribution is 5.88. The van der Waals surface area contributed by atoms with Crippen LogP contribution in [-0.2, 0) is 11.8 Å². The molecule has 0 amide bonds. The number of aryl methyl sites for hydroxylation is 1. The van der Waals surface area contributed by atoms with Gasteiger partial charge in [0.2, 0.25) is 0 Å². The van der Waals surface area contributed by atoms with Gasteiger partial charge in [0.05, 0.1) is 5.82 Å². The van der Waals surface area contributed by atoms with E-state index in [0.717, 1.165) is 48.6 Å². The van der Waals surface area contributed by atoms with Crippen LogP contribution in [0.1, 0.15) is 24.0 Å². The van der Waals surface area contributed by atoms with Crippen LogP contribution in [0.4, 0.5) is 5.82 Å². The summed E-state index contributed by atoms with van der Waals surface area (Å²) in [5, 5.41) is 14.5. The number of aromatic amines is 1. The van der Waals surface area contributed by atoms with Crippen molar-refractivity contribution in [3.8, 4) is 22.5 Å². The molecule has 0 aliphatic carbocycles. The highest BCUT2D eigenvalue weighted by atomic mass is 16.5. The molecule has 1 saturated heterocycles. The molecule has 0 atom stereocenters. The van der Waals surface area contributed by atoms with Gasteiger partial charge in [0.15, 0.2) is 0 Å². The van der Waals surface area contributed by atoms with E-state index in [1.165, 1.54) is 10.8 Å². The topological polar surface area (TPSA) is 108 Å². The Morgan fingerprint density at radius 3 is 2.78 bits per heavy atom. The summed E-state index contributed by atoms with van der Waals surface area (Å²) >= 11 is 0. The first-order valence-corrected chi connectivity index (χ1v) is 10.6. The van der Waals surface area contributed by atoms with E-state index in [-0.39, 0.29) is 11.6 Å². The molecule has 0 unspecified atom stereocenters. The van der Waals surface area contributed by atoms with Crippen LogP contribution in [0.2, 0.25) is 0 Å². The number of nitrogens with one attached hydrogen (secondary N) is 4. The quantitative estimate of drug-likeness (QED) is 0.428. The molecular weight excluding hydrogens is 404 g/mol. The number of pyridine rings is 1. The van der Waals surface area contributed by atoms with Crippen LogP contribution in [0.25, 0.3) is 22.5 Å². The van der Waals surface area contributed by atoms with Gasteiger partial charge in [0.25, 0.3) is 5.56 Å². The summed E-state index contributed by atoms with van der Waals surface area (Å²) in [6.45, 7) is 7.47. The van der Waals surface area contributed by atoms with Gasteiger partial charge in [0.1, 0.15) is 11.6 Å². The zero-order valence-electron chi connectivity index (χ0n) is 18.4.